The standard InChI is InChI=1S/C12H14BrNO2/c13-9-4-2-1-3-8(9)12-15-10-5-6-14-7-11(10)16-12/h1-4,10-12,14H,5-7H2. The number of hydrogen-bond acceptors (Lipinski definition) is 3. The van der Waals surface area contributed by atoms with Crippen LogP contribution >= 0.6 is 15.9 Å². The van der Waals surface area contributed by atoms with Gasteiger partial charge in [-0.2, -0.15) is 0 Å². The Balaban J connectivity index is 1.80. The smallest absolute Gasteiger partial charge is 0.185 e. The van der Waals surface area contributed by atoms with Crippen LogP contribution in [0.1, 0.15) is 18.3 Å². The molecule has 2 aliphatic heterocycles. The van der Waals surface area contributed by atoms with Crippen LogP contribution in [-0.2, 0) is 9.47 Å². The fourth-order valence-electron chi connectivity index (χ4n) is 2.26. The summed E-state index contributed by atoms with van der Waals surface area (Å²) < 4.78 is 12.9. The van der Waals surface area contributed by atoms with Gasteiger partial charge in [0, 0.05) is 16.6 Å². The van der Waals surface area contributed by atoms with Crippen molar-refractivity contribution < 1.29 is 9.47 Å². The van der Waals surface area contributed by atoms with Crippen LogP contribution in [0.5, 0.6) is 0 Å². The van der Waals surface area contributed by atoms with Crippen molar-refractivity contribution in [1.29, 1.82) is 0 Å². The number of piperidine rings is 1. The third-order valence-electron chi connectivity index (χ3n) is 3.12. The Bertz CT molecular complexity index is 371. The highest BCUT2D eigenvalue weighted by Gasteiger charge is 2.38. The topological polar surface area (TPSA) is 30.5 Å². The highest BCUT2D eigenvalue weighted by Crippen LogP contribution is 2.36. The van der Waals surface area contributed by atoms with E-state index in [1.54, 1.807) is 0 Å². The van der Waals surface area contributed by atoms with Gasteiger partial charge in [0.1, 0.15) is 0 Å². The van der Waals surface area contributed by atoms with Crippen molar-refractivity contribution in [2.45, 2.75) is 24.9 Å². The number of halogens is 1. The second kappa shape index (κ2) is 4.45. The molecule has 3 atom stereocenters. The van der Waals surface area contributed by atoms with Gasteiger partial charge < -0.3 is 14.8 Å². The molecule has 3 nitrogen and oxygen atoms in total. The minimum absolute atomic E-state index is 0.200. The summed E-state index contributed by atoms with van der Waals surface area (Å²) in [6, 6.07) is 8.06. The summed E-state index contributed by atoms with van der Waals surface area (Å²) in [6.07, 6.45) is 1.26. The van der Waals surface area contributed by atoms with E-state index in [1.165, 1.54) is 0 Å². The first-order valence-electron chi connectivity index (χ1n) is 5.60. The van der Waals surface area contributed by atoms with E-state index in [9.17, 15) is 0 Å². The molecule has 4 heteroatoms. The molecule has 0 saturated carbocycles. The summed E-state index contributed by atoms with van der Waals surface area (Å²) in [6.45, 7) is 1.92. The van der Waals surface area contributed by atoms with Gasteiger partial charge in [0.15, 0.2) is 6.29 Å². The third-order valence-corrected chi connectivity index (χ3v) is 3.84. The maximum absolute atomic E-state index is 5.94. The van der Waals surface area contributed by atoms with E-state index in [1.807, 2.05) is 24.3 Å². The fourth-order valence-corrected chi connectivity index (χ4v) is 2.73. The van der Waals surface area contributed by atoms with Gasteiger partial charge in [-0.3, -0.25) is 0 Å². The van der Waals surface area contributed by atoms with E-state index < -0.39 is 0 Å². The molecule has 0 bridgehead atoms. The van der Waals surface area contributed by atoms with Gasteiger partial charge >= 0.3 is 0 Å². The van der Waals surface area contributed by atoms with Crippen LogP contribution in [-0.4, -0.2) is 25.3 Å². The quantitative estimate of drug-likeness (QED) is 0.857. The molecule has 0 radical (unpaired) electrons. The zero-order chi connectivity index (χ0) is 11.0. The zero-order valence-corrected chi connectivity index (χ0v) is 10.4. The molecule has 2 heterocycles. The van der Waals surface area contributed by atoms with E-state index >= 15 is 0 Å². The van der Waals surface area contributed by atoms with Crippen LogP contribution < -0.4 is 5.32 Å². The molecule has 3 unspecified atom stereocenters. The van der Waals surface area contributed by atoms with Crippen molar-refractivity contribution in [3.8, 4) is 0 Å². The minimum atomic E-state index is -0.217. The first-order valence-corrected chi connectivity index (χ1v) is 6.40. The van der Waals surface area contributed by atoms with E-state index in [0.717, 1.165) is 29.5 Å². The Morgan fingerprint density at radius 2 is 2.00 bits per heavy atom. The first-order chi connectivity index (χ1) is 7.84. The van der Waals surface area contributed by atoms with E-state index in [2.05, 4.69) is 21.2 Å². The molecule has 0 amide bonds. The molecule has 1 aromatic rings. The van der Waals surface area contributed by atoms with Crippen LogP contribution in [0.4, 0.5) is 0 Å². The third kappa shape index (κ3) is 1.91. The largest absolute Gasteiger partial charge is 0.342 e. The predicted octanol–water partition coefficient (Wildman–Crippen LogP) is 2.22. The Morgan fingerprint density at radius 3 is 2.81 bits per heavy atom. The SMILES string of the molecule is Brc1ccccc1C1OC2CCNCC2O1. The molecule has 1 aromatic carbocycles. The minimum Gasteiger partial charge on any atom is -0.342 e. The monoisotopic (exact) mass is 283 g/mol. The van der Waals surface area contributed by atoms with Gasteiger partial charge in [-0.05, 0) is 19.0 Å². The van der Waals surface area contributed by atoms with Crippen molar-refractivity contribution in [2.75, 3.05) is 13.1 Å². The number of rotatable bonds is 1. The van der Waals surface area contributed by atoms with Crippen molar-refractivity contribution in [2.24, 2.45) is 0 Å². The molecule has 2 aliphatic rings. The van der Waals surface area contributed by atoms with Crippen LogP contribution in [0.2, 0.25) is 0 Å². The Labute approximate surface area is 103 Å². The van der Waals surface area contributed by atoms with Gasteiger partial charge in [-0.15, -0.1) is 0 Å². The fraction of sp³-hybridized carbons (Fsp3) is 0.500. The number of ether oxygens (including phenoxy) is 2. The Hall–Kier alpha value is -0.420. The molecule has 2 saturated heterocycles. The van der Waals surface area contributed by atoms with Crippen LogP contribution in [0, 0.1) is 0 Å². The summed E-state index contributed by atoms with van der Waals surface area (Å²) in [7, 11) is 0. The van der Waals surface area contributed by atoms with Gasteiger partial charge in [0.05, 0.1) is 12.2 Å². The Morgan fingerprint density at radius 1 is 1.19 bits per heavy atom. The molecule has 86 valence electrons. The Kier molecular flexibility index (Phi) is 2.98. The second-order valence-corrected chi connectivity index (χ2v) is 5.05. The lowest BCUT2D eigenvalue weighted by atomic mass is 10.1. The molecule has 0 aromatic heterocycles. The lowest BCUT2D eigenvalue weighted by molar-refractivity contribution is -0.0673. The van der Waals surface area contributed by atoms with Gasteiger partial charge in [0.25, 0.3) is 0 Å². The number of fused-ring (bicyclic) bond motifs is 1. The number of benzene rings is 1. The molecular formula is C12H14BrNO2. The molecule has 16 heavy (non-hydrogen) atoms. The zero-order valence-electron chi connectivity index (χ0n) is 8.86. The van der Waals surface area contributed by atoms with E-state index in [4.69, 9.17) is 9.47 Å². The van der Waals surface area contributed by atoms with Gasteiger partial charge in [0.2, 0.25) is 0 Å². The average molecular weight is 284 g/mol. The number of nitrogens with one attached hydrogen (secondary N) is 1. The van der Waals surface area contributed by atoms with Gasteiger partial charge in [-0.1, -0.05) is 34.1 Å². The lowest BCUT2D eigenvalue weighted by Crippen LogP contribution is -2.41. The van der Waals surface area contributed by atoms with Crippen molar-refractivity contribution in [3.05, 3.63) is 34.3 Å². The molecular weight excluding hydrogens is 270 g/mol. The summed E-state index contributed by atoms with van der Waals surface area (Å²) in [5.74, 6) is 0. The summed E-state index contributed by atoms with van der Waals surface area (Å²) in [5.41, 5.74) is 1.08. The highest BCUT2D eigenvalue weighted by molar-refractivity contribution is 9.10. The summed E-state index contributed by atoms with van der Waals surface area (Å²) >= 11 is 3.53. The maximum Gasteiger partial charge on any atom is 0.185 e. The highest BCUT2D eigenvalue weighted by atomic mass is 79.9. The second-order valence-electron chi connectivity index (χ2n) is 4.20. The molecule has 3 rings (SSSR count). The van der Waals surface area contributed by atoms with Crippen LogP contribution in [0.25, 0.3) is 0 Å². The van der Waals surface area contributed by atoms with E-state index in [0.29, 0.717) is 0 Å². The molecule has 2 fully saturated rings. The number of hydrogen-bond donors (Lipinski definition) is 1. The first kappa shape index (κ1) is 10.7. The van der Waals surface area contributed by atoms with Crippen molar-refractivity contribution in [3.63, 3.8) is 0 Å². The van der Waals surface area contributed by atoms with Crippen LogP contribution in [0.3, 0.4) is 0 Å². The molecule has 1 N–H and O–H groups in total. The van der Waals surface area contributed by atoms with Gasteiger partial charge in [-0.25, -0.2) is 0 Å². The maximum atomic E-state index is 5.94. The van der Waals surface area contributed by atoms with Crippen LogP contribution in [0.15, 0.2) is 28.7 Å². The summed E-state index contributed by atoms with van der Waals surface area (Å²) in [5, 5.41) is 3.33. The predicted molar refractivity (Wildman–Crippen MR) is 64.1 cm³/mol. The van der Waals surface area contributed by atoms with E-state index in [-0.39, 0.29) is 18.5 Å². The van der Waals surface area contributed by atoms with Crippen molar-refractivity contribution >= 4 is 15.9 Å². The van der Waals surface area contributed by atoms with Crippen molar-refractivity contribution in [1.82, 2.24) is 5.32 Å². The molecule has 0 aliphatic carbocycles. The average Bonchev–Trinajstić information content (AvgIpc) is 2.73. The molecule has 0 spiro atoms. The normalized spacial score (nSPS) is 33.7. The summed E-state index contributed by atoms with van der Waals surface area (Å²) in [4.78, 5) is 0. The lowest BCUT2D eigenvalue weighted by Gasteiger charge is -2.22.